The second kappa shape index (κ2) is 7.87. The molecule has 1 N–H and O–H groups in total. The Hall–Kier alpha value is -2.48. The fourth-order valence-electron chi connectivity index (χ4n) is 3.97. The molecular weight excluding hydrogens is 378 g/mol. The van der Waals surface area contributed by atoms with Crippen molar-refractivity contribution in [2.75, 3.05) is 13.1 Å². The van der Waals surface area contributed by atoms with Crippen LogP contribution in [0.3, 0.4) is 0 Å². The molecule has 0 bridgehead atoms. The Labute approximate surface area is 167 Å². The summed E-state index contributed by atoms with van der Waals surface area (Å²) in [6.07, 6.45) is 2.64. The molecule has 1 saturated heterocycles. The van der Waals surface area contributed by atoms with E-state index in [1.54, 1.807) is 11.3 Å². The number of hydrogen-bond acceptors (Lipinski definition) is 6. The average molecular weight is 401 g/mol. The Morgan fingerprint density at radius 1 is 1.29 bits per heavy atom. The quantitative estimate of drug-likeness (QED) is 0.796. The molecule has 1 saturated carbocycles. The van der Waals surface area contributed by atoms with Crippen LogP contribution in [-0.4, -0.2) is 47.0 Å². The van der Waals surface area contributed by atoms with E-state index < -0.39 is 18.0 Å². The molecule has 0 radical (unpaired) electrons. The maximum Gasteiger partial charge on any atom is 0.324 e. The molecule has 28 heavy (non-hydrogen) atoms. The van der Waals surface area contributed by atoms with Gasteiger partial charge in [0.1, 0.15) is 0 Å². The number of hydrogen-bond donors (Lipinski definition) is 1. The topological polar surface area (TPSA) is 88.6 Å². The van der Waals surface area contributed by atoms with Crippen molar-refractivity contribution in [3.05, 3.63) is 29.3 Å². The highest BCUT2D eigenvalue weighted by molar-refractivity contribution is 7.18. The molecule has 2 aromatic rings. The summed E-state index contributed by atoms with van der Waals surface area (Å²) in [5, 5.41) is 3.54. The molecule has 3 atom stereocenters. The Morgan fingerprint density at radius 3 is 2.82 bits per heavy atom. The molecule has 2 fully saturated rings. The minimum atomic E-state index is -0.978. The van der Waals surface area contributed by atoms with E-state index in [-0.39, 0.29) is 17.8 Å². The largest absolute Gasteiger partial charge is 0.452 e. The van der Waals surface area contributed by atoms with Crippen molar-refractivity contribution in [3.63, 3.8) is 0 Å². The van der Waals surface area contributed by atoms with E-state index >= 15 is 0 Å². The number of fused-ring (bicyclic) bond motifs is 1. The van der Waals surface area contributed by atoms with Crippen molar-refractivity contribution in [1.82, 2.24) is 15.2 Å². The fourth-order valence-corrected chi connectivity index (χ4v) is 5.14. The SMILES string of the molecule is C[C@H](OC(=O)[C@@H]1CCCC[C@@H]1c1nc2ccccc2s1)C(=O)N1CCNC1=O. The summed E-state index contributed by atoms with van der Waals surface area (Å²) < 4.78 is 6.61. The minimum Gasteiger partial charge on any atom is -0.452 e. The van der Waals surface area contributed by atoms with Crippen LogP contribution in [0.2, 0.25) is 0 Å². The molecule has 0 unspecified atom stereocenters. The average Bonchev–Trinajstić information content (AvgIpc) is 3.33. The van der Waals surface area contributed by atoms with Crippen LogP contribution < -0.4 is 5.32 Å². The number of imide groups is 1. The maximum absolute atomic E-state index is 12.9. The van der Waals surface area contributed by atoms with E-state index in [1.807, 2.05) is 24.3 Å². The van der Waals surface area contributed by atoms with E-state index in [9.17, 15) is 14.4 Å². The first-order valence-electron chi connectivity index (χ1n) is 9.70. The number of nitrogens with zero attached hydrogens (tertiary/aromatic N) is 2. The number of carbonyl (C=O) groups excluding carboxylic acids is 3. The molecule has 3 amide bonds. The number of esters is 1. The van der Waals surface area contributed by atoms with E-state index in [0.717, 1.165) is 45.8 Å². The number of benzene rings is 1. The number of nitrogens with one attached hydrogen (secondary N) is 1. The van der Waals surface area contributed by atoms with Gasteiger partial charge in [0.05, 0.1) is 21.1 Å². The highest BCUT2D eigenvalue weighted by Gasteiger charge is 2.38. The Balaban J connectivity index is 1.48. The minimum absolute atomic E-state index is 0.0102. The zero-order valence-corrected chi connectivity index (χ0v) is 16.5. The van der Waals surface area contributed by atoms with Gasteiger partial charge < -0.3 is 10.1 Å². The van der Waals surface area contributed by atoms with E-state index in [2.05, 4.69) is 5.32 Å². The number of para-hydroxylation sites is 1. The lowest BCUT2D eigenvalue weighted by Gasteiger charge is -2.29. The second-order valence-electron chi connectivity index (χ2n) is 7.32. The van der Waals surface area contributed by atoms with Crippen molar-refractivity contribution in [2.45, 2.75) is 44.6 Å². The summed E-state index contributed by atoms with van der Waals surface area (Å²) in [4.78, 5) is 42.8. The Kier molecular flexibility index (Phi) is 5.30. The van der Waals surface area contributed by atoms with Crippen LogP contribution in [-0.2, 0) is 14.3 Å². The molecule has 2 aliphatic rings. The zero-order valence-electron chi connectivity index (χ0n) is 15.7. The first-order valence-corrected chi connectivity index (χ1v) is 10.5. The molecule has 1 aliphatic carbocycles. The number of urea groups is 1. The number of rotatable bonds is 4. The highest BCUT2D eigenvalue weighted by Crippen LogP contribution is 2.41. The third-order valence-corrected chi connectivity index (χ3v) is 6.63. The van der Waals surface area contributed by atoms with Gasteiger partial charge in [-0.3, -0.25) is 14.5 Å². The third-order valence-electron chi connectivity index (χ3n) is 5.46. The molecule has 0 spiro atoms. The normalized spacial score (nSPS) is 23.5. The van der Waals surface area contributed by atoms with E-state index in [4.69, 9.17) is 9.72 Å². The molecular formula is C20H23N3O4S. The summed E-state index contributed by atoms with van der Waals surface area (Å²) in [5.74, 6) is -1.15. The van der Waals surface area contributed by atoms with Crippen molar-refractivity contribution < 1.29 is 19.1 Å². The van der Waals surface area contributed by atoms with Crippen LogP contribution in [0.1, 0.15) is 43.5 Å². The molecule has 148 valence electrons. The monoisotopic (exact) mass is 401 g/mol. The lowest BCUT2D eigenvalue weighted by molar-refractivity contribution is -0.162. The first-order chi connectivity index (χ1) is 13.5. The van der Waals surface area contributed by atoms with Gasteiger partial charge in [-0.2, -0.15) is 0 Å². The van der Waals surface area contributed by atoms with E-state index in [1.165, 1.54) is 6.92 Å². The fraction of sp³-hybridized carbons (Fsp3) is 0.500. The second-order valence-corrected chi connectivity index (χ2v) is 8.38. The lowest BCUT2D eigenvalue weighted by Crippen LogP contribution is -2.43. The van der Waals surface area contributed by atoms with Gasteiger partial charge in [-0.25, -0.2) is 9.78 Å². The number of carbonyl (C=O) groups is 3. The van der Waals surface area contributed by atoms with Gasteiger partial charge in [0.15, 0.2) is 6.10 Å². The van der Waals surface area contributed by atoms with Gasteiger partial charge >= 0.3 is 12.0 Å². The van der Waals surface area contributed by atoms with Gasteiger partial charge in [0.25, 0.3) is 5.91 Å². The molecule has 7 nitrogen and oxygen atoms in total. The first kappa shape index (κ1) is 18.9. The molecule has 1 aromatic carbocycles. The van der Waals surface area contributed by atoms with E-state index in [0.29, 0.717) is 13.1 Å². The summed E-state index contributed by atoms with van der Waals surface area (Å²) in [6.45, 7) is 2.26. The van der Waals surface area contributed by atoms with Gasteiger partial charge in [0.2, 0.25) is 0 Å². The van der Waals surface area contributed by atoms with Crippen LogP contribution >= 0.6 is 11.3 Å². The molecule has 4 rings (SSSR count). The van der Waals surface area contributed by atoms with Gasteiger partial charge in [-0.15, -0.1) is 11.3 Å². The van der Waals surface area contributed by atoms with Gasteiger partial charge in [-0.05, 0) is 31.9 Å². The molecule has 8 heteroatoms. The van der Waals surface area contributed by atoms with Crippen LogP contribution in [0.4, 0.5) is 4.79 Å². The van der Waals surface area contributed by atoms with Crippen LogP contribution in [0.25, 0.3) is 10.2 Å². The summed E-state index contributed by atoms with van der Waals surface area (Å²) in [6, 6.07) is 7.53. The summed E-state index contributed by atoms with van der Waals surface area (Å²) in [5.41, 5.74) is 0.948. The number of amides is 3. The lowest BCUT2D eigenvalue weighted by atomic mass is 9.79. The Bertz CT molecular complexity index is 879. The molecule has 2 heterocycles. The third kappa shape index (κ3) is 3.61. The van der Waals surface area contributed by atoms with Gasteiger partial charge in [0, 0.05) is 19.0 Å². The standard InChI is InChI=1S/C20H23N3O4S/c1-12(18(24)23-11-10-21-20(23)26)27-19(25)14-7-3-2-6-13(14)17-22-15-8-4-5-9-16(15)28-17/h4-5,8-9,12-14H,2-3,6-7,10-11H2,1H3,(H,21,26)/t12-,13-,14+/m0/s1. The van der Waals surface area contributed by atoms with Gasteiger partial charge in [-0.1, -0.05) is 25.0 Å². The molecule has 1 aromatic heterocycles. The Morgan fingerprint density at radius 2 is 2.07 bits per heavy atom. The zero-order chi connectivity index (χ0) is 19.7. The smallest absolute Gasteiger partial charge is 0.324 e. The van der Waals surface area contributed by atoms with Crippen molar-refractivity contribution in [3.8, 4) is 0 Å². The molecule has 1 aliphatic heterocycles. The predicted octanol–water partition coefficient (Wildman–Crippen LogP) is 3.05. The summed E-state index contributed by atoms with van der Waals surface area (Å²) >= 11 is 1.62. The maximum atomic E-state index is 12.9. The van der Waals surface area contributed by atoms with Crippen molar-refractivity contribution in [2.24, 2.45) is 5.92 Å². The van der Waals surface area contributed by atoms with Crippen LogP contribution in [0, 0.1) is 5.92 Å². The van der Waals surface area contributed by atoms with Crippen LogP contribution in [0.15, 0.2) is 24.3 Å². The summed E-state index contributed by atoms with van der Waals surface area (Å²) in [7, 11) is 0. The van der Waals surface area contributed by atoms with Crippen LogP contribution in [0.5, 0.6) is 0 Å². The van der Waals surface area contributed by atoms with Crippen molar-refractivity contribution >= 4 is 39.5 Å². The van der Waals surface area contributed by atoms with Crippen molar-refractivity contribution in [1.29, 1.82) is 0 Å². The highest BCUT2D eigenvalue weighted by atomic mass is 32.1. The predicted molar refractivity (Wildman–Crippen MR) is 105 cm³/mol. The number of thiazole rings is 1. The number of aromatic nitrogens is 1. The number of ether oxygens (including phenoxy) is 1.